The highest BCUT2D eigenvalue weighted by Gasteiger charge is 2.24. The quantitative estimate of drug-likeness (QED) is 0.398. The van der Waals surface area contributed by atoms with Crippen LogP contribution >= 0.6 is 0 Å². The number of sulfonamides is 1. The van der Waals surface area contributed by atoms with E-state index in [4.69, 9.17) is 9.72 Å². The number of nitrogens with one attached hydrogen (secondary N) is 1. The summed E-state index contributed by atoms with van der Waals surface area (Å²) in [7, 11) is -3.59. The Morgan fingerprint density at radius 1 is 1.25 bits per heavy atom. The molecule has 1 aliphatic heterocycles. The second-order valence-corrected chi connectivity index (χ2v) is 11.4. The smallest absolute Gasteiger partial charge is 0.229 e. The van der Waals surface area contributed by atoms with Gasteiger partial charge in [0.2, 0.25) is 10.0 Å². The fourth-order valence-electron chi connectivity index (χ4n) is 4.41. The largest absolute Gasteiger partial charge is 0.378 e. The summed E-state index contributed by atoms with van der Waals surface area (Å²) in [5, 5.41) is 0. The fourth-order valence-corrected chi connectivity index (χ4v) is 4.98. The number of ether oxygens (including phenoxy) is 1. The zero-order chi connectivity index (χ0) is 26.3. The lowest BCUT2D eigenvalue weighted by Gasteiger charge is -2.34. The molecule has 2 heterocycles. The molecule has 0 bridgehead atoms. The zero-order valence-electron chi connectivity index (χ0n) is 21.7. The van der Waals surface area contributed by atoms with Crippen molar-refractivity contribution in [3.05, 3.63) is 53.0 Å². The van der Waals surface area contributed by atoms with E-state index in [1.54, 1.807) is 13.0 Å². The third kappa shape index (κ3) is 8.00. The first-order valence-electron chi connectivity index (χ1n) is 12.7. The number of piperidine rings is 1. The van der Waals surface area contributed by atoms with Crippen molar-refractivity contribution in [2.45, 2.75) is 71.3 Å². The van der Waals surface area contributed by atoms with Gasteiger partial charge >= 0.3 is 0 Å². The highest BCUT2D eigenvalue weighted by Crippen LogP contribution is 2.27. The standard InChI is InChI=1S/C27H38FN3O4S/c1-5-6-17-35-23-13-15-31(16-14-23)27-21(8-7-19(2)29-27)10-12-26(32)20(3)22-9-11-25(24(28)18-22)30-36(4,33)34/h7-9,11,18,20,23,30H,5-6,10,12-17H2,1-4H3. The van der Waals surface area contributed by atoms with Gasteiger partial charge in [0.05, 0.1) is 18.0 Å². The number of anilines is 2. The molecule has 1 unspecified atom stereocenters. The number of halogens is 1. The number of ketones is 1. The SMILES string of the molecule is CCCCOC1CCN(c2nc(C)ccc2CCC(=O)C(C)c2ccc(NS(C)(=O)=O)c(F)c2)CC1. The number of hydrogen-bond donors (Lipinski definition) is 1. The number of unbranched alkanes of at least 4 members (excludes halogenated alkanes) is 1. The van der Waals surface area contributed by atoms with Gasteiger partial charge in [-0.05, 0) is 61.9 Å². The Bertz CT molecular complexity index is 1150. The number of aryl methyl sites for hydroxylation is 2. The Kier molecular flexibility index (Phi) is 9.84. The third-order valence-corrected chi connectivity index (χ3v) is 7.19. The molecule has 36 heavy (non-hydrogen) atoms. The van der Waals surface area contributed by atoms with Crippen LogP contribution in [0.1, 0.15) is 68.7 Å². The predicted molar refractivity (Wildman–Crippen MR) is 142 cm³/mol. The summed E-state index contributed by atoms with van der Waals surface area (Å²) in [6.45, 7) is 8.44. The van der Waals surface area contributed by atoms with Crippen LogP contribution in [-0.4, -0.2) is 51.2 Å². The summed E-state index contributed by atoms with van der Waals surface area (Å²) in [6.07, 6.45) is 6.26. The van der Waals surface area contributed by atoms with Crippen molar-refractivity contribution in [3.8, 4) is 0 Å². The van der Waals surface area contributed by atoms with Crippen molar-refractivity contribution >= 4 is 27.3 Å². The Morgan fingerprint density at radius 2 is 1.97 bits per heavy atom. The minimum Gasteiger partial charge on any atom is -0.378 e. The van der Waals surface area contributed by atoms with Gasteiger partial charge in [0.15, 0.2) is 0 Å². The molecule has 2 aromatic rings. The maximum atomic E-state index is 14.4. The maximum absolute atomic E-state index is 14.4. The average molecular weight is 520 g/mol. The van der Waals surface area contributed by atoms with Crippen molar-refractivity contribution in [3.63, 3.8) is 0 Å². The van der Waals surface area contributed by atoms with Gasteiger partial charge in [-0.1, -0.05) is 32.4 Å². The van der Waals surface area contributed by atoms with Gasteiger partial charge in [-0.25, -0.2) is 17.8 Å². The molecule has 1 aromatic heterocycles. The van der Waals surface area contributed by atoms with Crippen molar-refractivity contribution in [2.75, 3.05) is 35.6 Å². The van der Waals surface area contributed by atoms with E-state index in [1.165, 1.54) is 12.1 Å². The van der Waals surface area contributed by atoms with Gasteiger partial charge in [0, 0.05) is 37.7 Å². The lowest BCUT2D eigenvalue weighted by atomic mass is 9.92. The van der Waals surface area contributed by atoms with E-state index in [9.17, 15) is 17.6 Å². The molecule has 1 N–H and O–H groups in total. The lowest BCUT2D eigenvalue weighted by molar-refractivity contribution is -0.120. The van der Waals surface area contributed by atoms with Crippen LogP contribution in [0.25, 0.3) is 0 Å². The molecular weight excluding hydrogens is 481 g/mol. The minimum atomic E-state index is -3.59. The molecule has 9 heteroatoms. The van der Waals surface area contributed by atoms with E-state index in [-0.39, 0.29) is 11.5 Å². The highest BCUT2D eigenvalue weighted by molar-refractivity contribution is 7.92. The molecular formula is C27H38FN3O4S. The lowest BCUT2D eigenvalue weighted by Crippen LogP contribution is -2.38. The molecule has 1 fully saturated rings. The first kappa shape index (κ1) is 28.1. The van der Waals surface area contributed by atoms with Crippen LogP contribution in [0.3, 0.4) is 0 Å². The number of hydrogen-bond acceptors (Lipinski definition) is 6. The number of aromatic nitrogens is 1. The number of Topliss-reactive ketones (excluding diaryl/α,β-unsaturated/α-hetero) is 1. The van der Waals surface area contributed by atoms with E-state index in [2.05, 4.69) is 16.5 Å². The Labute approximate surface area is 214 Å². The van der Waals surface area contributed by atoms with Crippen molar-refractivity contribution < 1.29 is 22.3 Å². The van der Waals surface area contributed by atoms with Gasteiger partial charge in [0.1, 0.15) is 17.4 Å². The third-order valence-electron chi connectivity index (χ3n) is 6.60. The second-order valence-electron chi connectivity index (χ2n) is 9.65. The van der Waals surface area contributed by atoms with Gasteiger partial charge in [-0.2, -0.15) is 0 Å². The molecule has 1 aliphatic rings. The van der Waals surface area contributed by atoms with Crippen LogP contribution in [0, 0.1) is 12.7 Å². The summed E-state index contributed by atoms with van der Waals surface area (Å²) in [4.78, 5) is 20.1. The summed E-state index contributed by atoms with van der Waals surface area (Å²) in [6, 6.07) is 8.18. The van der Waals surface area contributed by atoms with Crippen LogP contribution in [0.5, 0.6) is 0 Å². The average Bonchev–Trinajstić information content (AvgIpc) is 2.83. The highest BCUT2D eigenvalue weighted by atomic mass is 32.2. The van der Waals surface area contributed by atoms with Gasteiger partial charge in [0.25, 0.3) is 0 Å². The van der Waals surface area contributed by atoms with E-state index in [0.717, 1.165) is 68.7 Å². The normalized spacial score (nSPS) is 15.6. The number of pyridine rings is 1. The molecule has 0 amide bonds. The molecule has 1 aromatic carbocycles. The van der Waals surface area contributed by atoms with E-state index in [1.807, 2.05) is 19.1 Å². The topological polar surface area (TPSA) is 88.6 Å². The van der Waals surface area contributed by atoms with E-state index >= 15 is 0 Å². The fraction of sp³-hybridized carbons (Fsp3) is 0.556. The molecule has 3 rings (SSSR count). The Hall–Kier alpha value is -2.52. The van der Waals surface area contributed by atoms with Crippen molar-refractivity contribution in [1.29, 1.82) is 0 Å². The van der Waals surface area contributed by atoms with E-state index < -0.39 is 21.8 Å². The van der Waals surface area contributed by atoms with Crippen LogP contribution in [-0.2, 0) is 26.0 Å². The van der Waals surface area contributed by atoms with E-state index in [0.29, 0.717) is 24.5 Å². The second kappa shape index (κ2) is 12.6. The van der Waals surface area contributed by atoms with Crippen LogP contribution in [0.2, 0.25) is 0 Å². The van der Waals surface area contributed by atoms with Crippen molar-refractivity contribution in [2.24, 2.45) is 0 Å². The van der Waals surface area contributed by atoms with Gasteiger partial charge in [-0.3, -0.25) is 9.52 Å². The molecule has 1 atom stereocenters. The Morgan fingerprint density at radius 3 is 2.61 bits per heavy atom. The van der Waals surface area contributed by atoms with Crippen molar-refractivity contribution in [1.82, 2.24) is 4.98 Å². The number of nitrogens with zero attached hydrogens (tertiary/aromatic N) is 2. The van der Waals surface area contributed by atoms with Crippen LogP contribution in [0.15, 0.2) is 30.3 Å². The summed E-state index contributed by atoms with van der Waals surface area (Å²) in [5.74, 6) is -0.285. The molecule has 1 saturated heterocycles. The van der Waals surface area contributed by atoms with Gasteiger partial charge in [-0.15, -0.1) is 0 Å². The number of carbonyl (C=O) groups is 1. The molecule has 7 nitrogen and oxygen atoms in total. The summed E-state index contributed by atoms with van der Waals surface area (Å²) < 4.78 is 45.3. The van der Waals surface area contributed by atoms with Gasteiger partial charge < -0.3 is 9.64 Å². The predicted octanol–water partition coefficient (Wildman–Crippen LogP) is 4.99. The molecule has 0 saturated carbocycles. The zero-order valence-corrected chi connectivity index (χ0v) is 22.5. The maximum Gasteiger partial charge on any atom is 0.229 e. The molecule has 198 valence electrons. The minimum absolute atomic E-state index is 0.00669. The molecule has 0 spiro atoms. The Balaban J connectivity index is 1.62. The number of rotatable bonds is 12. The number of benzene rings is 1. The molecule has 0 aliphatic carbocycles. The summed E-state index contributed by atoms with van der Waals surface area (Å²) in [5.41, 5.74) is 2.36. The number of carbonyl (C=O) groups excluding carboxylic acids is 1. The first-order valence-corrected chi connectivity index (χ1v) is 14.6. The van der Waals surface area contributed by atoms with Crippen LogP contribution in [0.4, 0.5) is 15.9 Å². The monoisotopic (exact) mass is 519 g/mol. The summed E-state index contributed by atoms with van der Waals surface area (Å²) >= 11 is 0. The van der Waals surface area contributed by atoms with Crippen LogP contribution < -0.4 is 9.62 Å². The molecule has 0 radical (unpaired) electrons. The first-order chi connectivity index (χ1) is 17.1.